The fourth-order valence-corrected chi connectivity index (χ4v) is 3.12. The van der Waals surface area contributed by atoms with Gasteiger partial charge in [-0.3, -0.25) is 4.79 Å². The van der Waals surface area contributed by atoms with Crippen LogP contribution < -0.4 is 20.5 Å². The number of hydrogen-bond donors (Lipinski definition) is 2. The fraction of sp³-hybridized carbons (Fsp3) is 0.632. The standard InChI is InChI=1S/C19H30N2O3/c1-13(2)12-24-17-9-8-14(10-18(17)23-3)19(22)21-16-7-5-4-6-15(16)11-20/h8-10,13,15-16H,4-7,11-12,20H2,1-3H3,(H,21,22). The molecule has 5 heteroatoms. The number of amides is 1. The van der Waals surface area contributed by atoms with Crippen molar-refractivity contribution in [2.75, 3.05) is 20.3 Å². The highest BCUT2D eigenvalue weighted by Crippen LogP contribution is 2.29. The number of nitrogens with one attached hydrogen (secondary N) is 1. The molecule has 0 aliphatic heterocycles. The second-order valence-electron chi connectivity index (χ2n) is 6.93. The van der Waals surface area contributed by atoms with Crippen molar-refractivity contribution in [3.05, 3.63) is 23.8 Å². The molecule has 0 radical (unpaired) electrons. The first-order valence-electron chi connectivity index (χ1n) is 8.87. The summed E-state index contributed by atoms with van der Waals surface area (Å²) >= 11 is 0. The van der Waals surface area contributed by atoms with Gasteiger partial charge in [-0.1, -0.05) is 26.7 Å². The van der Waals surface area contributed by atoms with E-state index < -0.39 is 0 Å². The number of nitrogens with two attached hydrogens (primary N) is 1. The van der Waals surface area contributed by atoms with Crippen molar-refractivity contribution < 1.29 is 14.3 Å². The van der Waals surface area contributed by atoms with Gasteiger partial charge in [-0.05, 0) is 49.4 Å². The zero-order chi connectivity index (χ0) is 17.5. The molecule has 1 aliphatic carbocycles. The highest BCUT2D eigenvalue weighted by atomic mass is 16.5. The lowest BCUT2D eigenvalue weighted by molar-refractivity contribution is 0.0907. The Morgan fingerprint density at radius 2 is 2.04 bits per heavy atom. The third-order valence-corrected chi connectivity index (χ3v) is 4.53. The van der Waals surface area contributed by atoms with Gasteiger partial charge >= 0.3 is 0 Å². The van der Waals surface area contributed by atoms with Gasteiger partial charge in [-0.15, -0.1) is 0 Å². The minimum Gasteiger partial charge on any atom is -0.493 e. The monoisotopic (exact) mass is 334 g/mol. The molecule has 1 aromatic carbocycles. The van der Waals surface area contributed by atoms with Gasteiger partial charge in [-0.2, -0.15) is 0 Å². The molecule has 24 heavy (non-hydrogen) atoms. The summed E-state index contributed by atoms with van der Waals surface area (Å²) in [7, 11) is 1.59. The molecule has 3 N–H and O–H groups in total. The zero-order valence-corrected chi connectivity index (χ0v) is 15.0. The molecule has 0 spiro atoms. The Hall–Kier alpha value is -1.75. The summed E-state index contributed by atoms with van der Waals surface area (Å²) in [6.07, 6.45) is 4.43. The molecule has 0 aromatic heterocycles. The lowest BCUT2D eigenvalue weighted by Crippen LogP contribution is -2.44. The van der Waals surface area contributed by atoms with Crippen LogP contribution in [0, 0.1) is 11.8 Å². The molecule has 1 aliphatic rings. The fourth-order valence-electron chi connectivity index (χ4n) is 3.12. The first-order valence-corrected chi connectivity index (χ1v) is 8.87. The van der Waals surface area contributed by atoms with Crippen molar-refractivity contribution in [2.24, 2.45) is 17.6 Å². The van der Waals surface area contributed by atoms with Crippen molar-refractivity contribution in [2.45, 2.75) is 45.6 Å². The maximum Gasteiger partial charge on any atom is 0.251 e. The number of hydrogen-bond acceptors (Lipinski definition) is 4. The number of methoxy groups -OCH3 is 1. The van der Waals surface area contributed by atoms with Crippen molar-refractivity contribution in [1.82, 2.24) is 5.32 Å². The van der Waals surface area contributed by atoms with Crippen LogP contribution in [0.4, 0.5) is 0 Å². The van der Waals surface area contributed by atoms with E-state index in [4.69, 9.17) is 15.2 Å². The zero-order valence-electron chi connectivity index (χ0n) is 15.0. The molecule has 0 heterocycles. The van der Waals surface area contributed by atoms with E-state index in [1.165, 1.54) is 6.42 Å². The second kappa shape index (κ2) is 8.92. The normalized spacial score (nSPS) is 20.7. The van der Waals surface area contributed by atoms with Crippen LogP contribution in [0.1, 0.15) is 49.9 Å². The first kappa shape index (κ1) is 18.6. The molecule has 134 valence electrons. The second-order valence-corrected chi connectivity index (χ2v) is 6.93. The van der Waals surface area contributed by atoms with E-state index in [0.717, 1.165) is 19.3 Å². The lowest BCUT2D eigenvalue weighted by atomic mass is 9.84. The summed E-state index contributed by atoms with van der Waals surface area (Å²) in [5, 5.41) is 3.14. The predicted molar refractivity (Wildman–Crippen MR) is 95.6 cm³/mol. The first-order chi connectivity index (χ1) is 11.5. The number of rotatable bonds is 7. The molecular formula is C19H30N2O3. The van der Waals surface area contributed by atoms with E-state index in [9.17, 15) is 4.79 Å². The van der Waals surface area contributed by atoms with Crippen LogP contribution in [-0.4, -0.2) is 32.2 Å². The summed E-state index contributed by atoms with van der Waals surface area (Å²) in [5.41, 5.74) is 6.43. The maximum absolute atomic E-state index is 12.6. The van der Waals surface area contributed by atoms with Gasteiger partial charge in [0, 0.05) is 11.6 Å². The van der Waals surface area contributed by atoms with E-state index >= 15 is 0 Å². The van der Waals surface area contributed by atoms with Gasteiger partial charge in [0.2, 0.25) is 0 Å². The highest BCUT2D eigenvalue weighted by Gasteiger charge is 2.26. The Balaban J connectivity index is 2.06. The van der Waals surface area contributed by atoms with Gasteiger partial charge in [0.05, 0.1) is 13.7 Å². The van der Waals surface area contributed by atoms with Crippen LogP contribution in [0.2, 0.25) is 0 Å². The topological polar surface area (TPSA) is 73.6 Å². The average Bonchev–Trinajstić information content (AvgIpc) is 2.60. The number of ether oxygens (including phenoxy) is 2. The van der Waals surface area contributed by atoms with Gasteiger partial charge in [0.25, 0.3) is 5.91 Å². The third kappa shape index (κ3) is 4.87. The van der Waals surface area contributed by atoms with Gasteiger partial charge in [0.15, 0.2) is 11.5 Å². The molecule has 1 fully saturated rings. The van der Waals surface area contributed by atoms with Gasteiger partial charge in [-0.25, -0.2) is 0 Å². The molecule has 0 saturated heterocycles. The third-order valence-electron chi connectivity index (χ3n) is 4.53. The molecule has 1 aromatic rings. The molecule has 0 bridgehead atoms. The van der Waals surface area contributed by atoms with Crippen LogP contribution in [-0.2, 0) is 0 Å². The molecule has 1 saturated carbocycles. The number of carbonyl (C=O) groups excluding carboxylic acids is 1. The van der Waals surface area contributed by atoms with Crippen molar-refractivity contribution in [3.8, 4) is 11.5 Å². The summed E-state index contributed by atoms with van der Waals surface area (Å²) in [6, 6.07) is 5.50. The summed E-state index contributed by atoms with van der Waals surface area (Å²) < 4.78 is 11.1. The Labute approximate surface area is 144 Å². The van der Waals surface area contributed by atoms with Crippen molar-refractivity contribution >= 4 is 5.91 Å². The van der Waals surface area contributed by atoms with Crippen LogP contribution in [0.15, 0.2) is 18.2 Å². The minimum absolute atomic E-state index is 0.0749. The molecule has 5 nitrogen and oxygen atoms in total. The Morgan fingerprint density at radius 3 is 2.71 bits per heavy atom. The maximum atomic E-state index is 12.6. The summed E-state index contributed by atoms with van der Waals surface area (Å²) in [4.78, 5) is 12.6. The van der Waals surface area contributed by atoms with Crippen molar-refractivity contribution in [1.29, 1.82) is 0 Å². The molecule has 2 atom stereocenters. The van der Waals surface area contributed by atoms with Crippen LogP contribution in [0.3, 0.4) is 0 Å². The van der Waals surface area contributed by atoms with E-state index in [0.29, 0.717) is 42.0 Å². The highest BCUT2D eigenvalue weighted by molar-refractivity contribution is 5.95. The summed E-state index contributed by atoms with van der Waals surface area (Å²) in [6.45, 7) is 5.41. The number of benzene rings is 1. The molecular weight excluding hydrogens is 304 g/mol. The van der Waals surface area contributed by atoms with E-state index in [-0.39, 0.29) is 11.9 Å². The van der Waals surface area contributed by atoms with E-state index in [1.807, 2.05) is 0 Å². The van der Waals surface area contributed by atoms with Crippen LogP contribution in [0.5, 0.6) is 11.5 Å². The smallest absolute Gasteiger partial charge is 0.251 e. The van der Waals surface area contributed by atoms with Crippen molar-refractivity contribution in [3.63, 3.8) is 0 Å². The Kier molecular flexibility index (Phi) is 6.91. The minimum atomic E-state index is -0.0749. The van der Waals surface area contributed by atoms with Gasteiger partial charge in [0.1, 0.15) is 0 Å². The lowest BCUT2D eigenvalue weighted by Gasteiger charge is -2.31. The number of carbonyl (C=O) groups is 1. The molecule has 1 amide bonds. The van der Waals surface area contributed by atoms with Gasteiger partial charge < -0.3 is 20.5 Å². The van der Waals surface area contributed by atoms with Crippen LogP contribution >= 0.6 is 0 Å². The molecule has 2 rings (SSSR count). The molecule has 2 unspecified atom stereocenters. The van der Waals surface area contributed by atoms with E-state index in [1.54, 1.807) is 25.3 Å². The van der Waals surface area contributed by atoms with Crippen LogP contribution in [0.25, 0.3) is 0 Å². The predicted octanol–water partition coefficient (Wildman–Crippen LogP) is 2.98. The quantitative estimate of drug-likeness (QED) is 0.804. The summed E-state index contributed by atoms with van der Waals surface area (Å²) in [5.74, 6) is 1.98. The Bertz CT molecular complexity index is 545. The van der Waals surface area contributed by atoms with E-state index in [2.05, 4.69) is 19.2 Å². The largest absolute Gasteiger partial charge is 0.493 e. The Morgan fingerprint density at radius 1 is 1.29 bits per heavy atom. The SMILES string of the molecule is COc1cc(C(=O)NC2CCCCC2CN)ccc1OCC(C)C. The average molecular weight is 334 g/mol.